The molecule has 3 heterocycles. The lowest BCUT2D eigenvalue weighted by Gasteiger charge is -2.39. The summed E-state index contributed by atoms with van der Waals surface area (Å²) in [6, 6.07) is 12.5. The number of halogens is 5. The Morgan fingerprint density at radius 1 is 1.08 bits per heavy atom. The minimum Gasteiger partial charge on any atom is -0.307 e. The molecule has 0 aliphatic carbocycles. The predicted octanol–water partition coefficient (Wildman–Crippen LogP) is 6.99. The summed E-state index contributed by atoms with van der Waals surface area (Å²) < 4.78 is 52.6. The van der Waals surface area contributed by atoms with Crippen LogP contribution in [0.25, 0.3) is 6.08 Å². The van der Waals surface area contributed by atoms with Gasteiger partial charge in [-0.3, -0.25) is 9.80 Å². The Morgan fingerprint density at radius 3 is 2.50 bits per heavy atom. The molecular weight excluding hydrogens is 520 g/mol. The van der Waals surface area contributed by atoms with Gasteiger partial charge in [0.1, 0.15) is 11.0 Å². The molecule has 2 aliphatic heterocycles. The number of anilines is 2. The normalized spacial score (nSPS) is 17.2. The van der Waals surface area contributed by atoms with Crippen LogP contribution >= 0.6 is 11.6 Å². The number of aromatic nitrogens is 1. The second kappa shape index (κ2) is 10.4. The molecule has 0 radical (unpaired) electrons. The minimum atomic E-state index is -4.35. The smallest absolute Gasteiger partial charge is 0.307 e. The second-order valence-corrected chi connectivity index (χ2v) is 10.0. The molecule has 1 spiro atoms. The number of nitrogens with one attached hydrogen (secondary N) is 1. The first-order valence-corrected chi connectivity index (χ1v) is 12.6. The van der Waals surface area contributed by atoms with Crippen molar-refractivity contribution in [2.24, 2.45) is 0 Å². The summed E-state index contributed by atoms with van der Waals surface area (Å²) in [6.45, 7) is 2.55. The van der Waals surface area contributed by atoms with Gasteiger partial charge in [-0.2, -0.15) is 13.2 Å². The van der Waals surface area contributed by atoms with Gasteiger partial charge in [-0.25, -0.2) is 14.2 Å². The molecule has 5 nitrogen and oxygen atoms in total. The summed E-state index contributed by atoms with van der Waals surface area (Å²) in [7, 11) is 0. The van der Waals surface area contributed by atoms with Gasteiger partial charge >= 0.3 is 12.2 Å². The lowest BCUT2D eigenvalue weighted by molar-refractivity contribution is -0.137. The van der Waals surface area contributed by atoms with Crippen LogP contribution in [0.5, 0.6) is 0 Å². The van der Waals surface area contributed by atoms with Crippen molar-refractivity contribution in [3.63, 3.8) is 0 Å². The van der Waals surface area contributed by atoms with Gasteiger partial charge in [0.25, 0.3) is 0 Å². The number of hydrogen-bond donors (Lipinski definition) is 1. The van der Waals surface area contributed by atoms with Crippen molar-refractivity contribution in [1.82, 2.24) is 9.88 Å². The Kier molecular flexibility index (Phi) is 7.15. The number of likely N-dealkylation sites (tertiary alicyclic amines) is 1. The maximum absolute atomic E-state index is 14.3. The summed E-state index contributed by atoms with van der Waals surface area (Å²) in [5, 5.41) is 3.12. The molecular formula is C28H25ClF4N4O. The fourth-order valence-corrected chi connectivity index (χ4v) is 5.38. The monoisotopic (exact) mass is 544 g/mol. The predicted molar refractivity (Wildman–Crippen MR) is 140 cm³/mol. The number of carbonyl (C=O) groups is 1. The third kappa shape index (κ3) is 5.54. The molecule has 1 N–H and O–H groups in total. The van der Waals surface area contributed by atoms with E-state index in [2.05, 4.69) is 15.2 Å². The lowest BCUT2D eigenvalue weighted by atomic mass is 9.74. The quantitative estimate of drug-likeness (QED) is 0.284. The van der Waals surface area contributed by atoms with Gasteiger partial charge < -0.3 is 5.32 Å². The number of urea groups is 1. The molecule has 198 valence electrons. The number of hydrogen-bond acceptors (Lipinski definition) is 3. The van der Waals surface area contributed by atoms with E-state index in [0.29, 0.717) is 30.0 Å². The van der Waals surface area contributed by atoms with E-state index in [1.165, 1.54) is 30.5 Å². The Balaban J connectivity index is 1.24. The molecule has 1 saturated heterocycles. The molecule has 0 bridgehead atoms. The molecule has 5 rings (SSSR count). The number of nitrogens with zero attached hydrogens (tertiary/aromatic N) is 3. The highest BCUT2D eigenvalue weighted by atomic mass is 35.5. The molecule has 0 unspecified atom stereocenters. The van der Waals surface area contributed by atoms with Gasteiger partial charge in [0.05, 0.1) is 5.56 Å². The highest BCUT2D eigenvalue weighted by molar-refractivity contribution is 6.29. The van der Waals surface area contributed by atoms with Crippen molar-refractivity contribution < 1.29 is 22.4 Å². The first-order chi connectivity index (χ1) is 18.1. The number of fused-ring (bicyclic) bond motifs is 2. The van der Waals surface area contributed by atoms with Crippen LogP contribution in [0.4, 0.5) is 33.7 Å². The van der Waals surface area contributed by atoms with Crippen LogP contribution in [-0.4, -0.2) is 42.1 Å². The highest BCUT2D eigenvalue weighted by Crippen LogP contribution is 2.47. The van der Waals surface area contributed by atoms with E-state index in [0.717, 1.165) is 43.6 Å². The molecule has 3 aromatic rings. The van der Waals surface area contributed by atoms with Gasteiger partial charge in [-0.15, -0.1) is 0 Å². The maximum atomic E-state index is 14.3. The summed E-state index contributed by atoms with van der Waals surface area (Å²) in [5.41, 5.74) is 1.72. The zero-order valence-corrected chi connectivity index (χ0v) is 21.1. The van der Waals surface area contributed by atoms with Crippen LogP contribution in [0, 0.1) is 5.82 Å². The third-order valence-electron chi connectivity index (χ3n) is 7.23. The van der Waals surface area contributed by atoms with E-state index >= 15 is 0 Å². The first-order valence-electron chi connectivity index (χ1n) is 12.2. The van der Waals surface area contributed by atoms with Gasteiger partial charge in [-0.1, -0.05) is 35.9 Å². The van der Waals surface area contributed by atoms with Crippen LogP contribution in [-0.2, 0) is 11.6 Å². The van der Waals surface area contributed by atoms with Crippen LogP contribution in [0.2, 0.25) is 5.15 Å². The highest BCUT2D eigenvalue weighted by Gasteiger charge is 2.46. The zero-order chi connectivity index (χ0) is 26.9. The van der Waals surface area contributed by atoms with E-state index in [-0.39, 0.29) is 22.4 Å². The largest absolute Gasteiger partial charge is 0.416 e. The van der Waals surface area contributed by atoms with E-state index in [1.807, 2.05) is 12.2 Å². The van der Waals surface area contributed by atoms with Crippen LogP contribution < -0.4 is 10.2 Å². The molecule has 0 atom stereocenters. The van der Waals surface area contributed by atoms with Gasteiger partial charge in [-0.05, 0) is 79.5 Å². The fourth-order valence-electron chi connectivity index (χ4n) is 5.21. The van der Waals surface area contributed by atoms with Crippen molar-refractivity contribution >= 4 is 35.1 Å². The van der Waals surface area contributed by atoms with Crippen molar-refractivity contribution in [2.45, 2.75) is 24.4 Å². The number of piperidine rings is 1. The van der Waals surface area contributed by atoms with Gasteiger partial charge in [0, 0.05) is 36.1 Å². The molecule has 0 saturated carbocycles. The molecule has 10 heteroatoms. The van der Waals surface area contributed by atoms with Crippen LogP contribution in [0.15, 0.2) is 66.9 Å². The zero-order valence-electron chi connectivity index (χ0n) is 20.3. The Morgan fingerprint density at radius 2 is 1.82 bits per heavy atom. The molecule has 1 aromatic heterocycles. The number of amides is 2. The van der Waals surface area contributed by atoms with Crippen molar-refractivity contribution in [3.8, 4) is 0 Å². The molecule has 2 aliphatic rings. The number of benzene rings is 2. The van der Waals surface area contributed by atoms with E-state index in [1.54, 1.807) is 23.1 Å². The molecule has 38 heavy (non-hydrogen) atoms. The van der Waals surface area contributed by atoms with E-state index in [4.69, 9.17) is 11.6 Å². The van der Waals surface area contributed by atoms with Crippen molar-refractivity contribution in [1.29, 1.82) is 0 Å². The van der Waals surface area contributed by atoms with Crippen LogP contribution in [0.3, 0.4) is 0 Å². The summed E-state index contributed by atoms with van der Waals surface area (Å²) in [5.74, 6) is -0.340. The standard InChI is InChI=1S/C28H25ClF4N4O/c29-25-17-22(9-12-34-25)35-26(38)37-18-27(23-16-21(30)7-8-24(23)37)10-14-36(15-11-27)13-1-2-19-3-5-20(6-4-19)28(31,32)33/h1-9,12,16-17H,10-11,13-15,18H2,(H,34,35,38). The van der Waals surface area contributed by atoms with E-state index < -0.39 is 11.7 Å². The summed E-state index contributed by atoms with van der Waals surface area (Å²) in [4.78, 5) is 21.0. The SMILES string of the molecule is O=C(Nc1ccnc(Cl)c1)N1CC2(CCN(CC=Cc3ccc(C(F)(F)F)cc3)CC2)c2cc(F)ccc21. The molecule has 2 amide bonds. The average Bonchev–Trinajstić information content (AvgIpc) is 3.18. The van der Waals surface area contributed by atoms with Crippen LogP contribution in [0.1, 0.15) is 29.5 Å². The number of carbonyl (C=O) groups excluding carboxylic acids is 1. The Bertz CT molecular complexity index is 1350. The minimum absolute atomic E-state index is 0.267. The molecule has 1 fully saturated rings. The Hall–Kier alpha value is -3.43. The maximum Gasteiger partial charge on any atom is 0.416 e. The van der Waals surface area contributed by atoms with E-state index in [9.17, 15) is 22.4 Å². The molecule has 2 aromatic carbocycles. The Labute approximate surface area is 222 Å². The number of alkyl halides is 3. The first kappa shape index (κ1) is 26.2. The average molecular weight is 545 g/mol. The summed E-state index contributed by atoms with van der Waals surface area (Å²) >= 11 is 5.94. The fraction of sp³-hybridized carbons (Fsp3) is 0.286. The number of pyridine rings is 1. The third-order valence-corrected chi connectivity index (χ3v) is 7.44. The second-order valence-electron chi connectivity index (χ2n) is 9.65. The summed E-state index contributed by atoms with van der Waals surface area (Å²) in [6.07, 6.45) is 2.38. The number of rotatable bonds is 4. The van der Waals surface area contributed by atoms with Crippen molar-refractivity contribution in [2.75, 3.05) is 36.4 Å². The topological polar surface area (TPSA) is 48.5 Å². The lowest BCUT2D eigenvalue weighted by Crippen LogP contribution is -2.46. The van der Waals surface area contributed by atoms with Gasteiger partial charge in [0.15, 0.2) is 0 Å². The van der Waals surface area contributed by atoms with Crippen molar-refractivity contribution in [3.05, 3.63) is 94.5 Å². The van der Waals surface area contributed by atoms with Gasteiger partial charge in [0.2, 0.25) is 0 Å².